The maximum absolute atomic E-state index is 11.5. The van der Waals surface area contributed by atoms with Crippen LogP contribution in [0.3, 0.4) is 0 Å². The van der Waals surface area contributed by atoms with Crippen LogP contribution in [0, 0.1) is 11.8 Å². The third-order valence-corrected chi connectivity index (χ3v) is 5.09. The molecule has 2 aliphatic heterocycles. The highest BCUT2D eigenvalue weighted by Crippen LogP contribution is 2.49. The number of primary amides is 1. The Morgan fingerprint density at radius 1 is 1.34 bits per heavy atom. The van der Waals surface area contributed by atoms with Crippen molar-refractivity contribution in [1.29, 1.82) is 0 Å². The quantitative estimate of drug-likeness (QED) is 0.800. The highest BCUT2D eigenvalue weighted by atomic mass is 16.7. The number of ether oxygens (including phenoxy) is 4. The topological polar surface area (TPSA) is 83.3 Å². The highest BCUT2D eigenvalue weighted by Gasteiger charge is 2.33. The molecule has 7 nitrogen and oxygen atoms in total. The monoisotopic (exact) mass is 394 g/mol. The molecule has 0 aromatic heterocycles. The molecule has 0 bridgehead atoms. The van der Waals surface area contributed by atoms with E-state index in [1.54, 1.807) is 31.4 Å². The van der Waals surface area contributed by atoms with Crippen molar-refractivity contribution < 1.29 is 23.7 Å². The van der Waals surface area contributed by atoms with E-state index in [2.05, 4.69) is 16.7 Å². The fourth-order valence-electron chi connectivity index (χ4n) is 3.66. The number of para-hydroxylation sites is 1. The van der Waals surface area contributed by atoms with Crippen LogP contribution in [0.15, 0.2) is 30.3 Å². The van der Waals surface area contributed by atoms with Gasteiger partial charge in [0.05, 0.1) is 12.7 Å². The minimum absolute atomic E-state index is 0.136. The Balaban J connectivity index is 1.59. The molecule has 2 aliphatic rings. The third kappa shape index (κ3) is 3.55. The van der Waals surface area contributed by atoms with E-state index in [4.69, 9.17) is 24.7 Å². The zero-order valence-electron chi connectivity index (χ0n) is 16.4. The lowest BCUT2D eigenvalue weighted by atomic mass is 9.91. The number of hydrogen-bond donors (Lipinski definition) is 1. The molecule has 2 heterocycles. The van der Waals surface area contributed by atoms with Crippen LogP contribution < -0.4 is 24.7 Å². The summed E-state index contributed by atoms with van der Waals surface area (Å²) in [4.78, 5) is 13.7. The van der Waals surface area contributed by atoms with Crippen LogP contribution in [0.2, 0.25) is 0 Å². The predicted octanol–water partition coefficient (Wildman–Crippen LogP) is 2.13. The van der Waals surface area contributed by atoms with Gasteiger partial charge in [-0.15, -0.1) is 0 Å². The Labute approximate surface area is 169 Å². The first-order valence-electron chi connectivity index (χ1n) is 9.29. The van der Waals surface area contributed by atoms with Gasteiger partial charge in [-0.1, -0.05) is 24.0 Å². The van der Waals surface area contributed by atoms with E-state index in [1.165, 1.54) is 0 Å². The standard InChI is InChI=1S/C22H22N2O5/c1-24-10-9-14-12-18-20(29-13-28-18)21(26-2)19(14)16(24)7-5-11-27-17-8-4-3-6-15(17)22(23)25/h3-4,6,8,12,16H,9-11,13H2,1-2H3,(H2,23,25)/t16-/m1/s1. The molecule has 0 spiro atoms. The summed E-state index contributed by atoms with van der Waals surface area (Å²) in [5.74, 6) is 8.23. The summed E-state index contributed by atoms with van der Waals surface area (Å²) in [5.41, 5.74) is 7.86. The second-order valence-corrected chi connectivity index (χ2v) is 6.82. The maximum atomic E-state index is 11.5. The lowest BCUT2D eigenvalue weighted by molar-refractivity contribution is 0.0997. The lowest BCUT2D eigenvalue weighted by Crippen LogP contribution is -2.31. The summed E-state index contributed by atoms with van der Waals surface area (Å²) in [6, 6.07) is 8.70. The Morgan fingerprint density at radius 3 is 2.97 bits per heavy atom. The fraction of sp³-hybridized carbons (Fsp3) is 0.318. The molecule has 29 heavy (non-hydrogen) atoms. The molecule has 0 saturated carbocycles. The summed E-state index contributed by atoms with van der Waals surface area (Å²) in [6.45, 7) is 1.19. The summed E-state index contributed by atoms with van der Waals surface area (Å²) in [5, 5.41) is 0. The van der Waals surface area contributed by atoms with Crippen LogP contribution >= 0.6 is 0 Å². The Hall–Kier alpha value is -3.37. The second-order valence-electron chi connectivity index (χ2n) is 6.82. The van der Waals surface area contributed by atoms with Crippen molar-refractivity contribution in [1.82, 2.24) is 4.90 Å². The molecule has 0 saturated heterocycles. The van der Waals surface area contributed by atoms with Gasteiger partial charge in [0.25, 0.3) is 5.91 Å². The molecule has 0 unspecified atom stereocenters. The van der Waals surface area contributed by atoms with Crippen molar-refractivity contribution in [3.8, 4) is 34.8 Å². The minimum atomic E-state index is -0.532. The molecule has 0 radical (unpaired) electrons. The zero-order valence-corrected chi connectivity index (χ0v) is 16.4. The molecule has 7 heteroatoms. The maximum Gasteiger partial charge on any atom is 0.252 e. The SMILES string of the molecule is COc1c2c(cc3c1[C@@H](C#CCOc1ccccc1C(N)=O)N(C)CC3)OCO2. The minimum Gasteiger partial charge on any atom is -0.492 e. The van der Waals surface area contributed by atoms with Crippen LogP contribution in [0.4, 0.5) is 0 Å². The average molecular weight is 394 g/mol. The van der Waals surface area contributed by atoms with Crippen LogP contribution in [-0.2, 0) is 6.42 Å². The van der Waals surface area contributed by atoms with Gasteiger partial charge in [-0.2, -0.15) is 0 Å². The van der Waals surface area contributed by atoms with Gasteiger partial charge < -0.3 is 24.7 Å². The van der Waals surface area contributed by atoms with Crippen LogP contribution in [0.1, 0.15) is 27.5 Å². The number of rotatable bonds is 4. The number of methoxy groups -OCH3 is 1. The first-order chi connectivity index (χ1) is 14.1. The van der Waals surface area contributed by atoms with E-state index >= 15 is 0 Å². The number of amides is 1. The predicted molar refractivity (Wildman–Crippen MR) is 106 cm³/mol. The van der Waals surface area contributed by atoms with Crippen molar-refractivity contribution in [2.24, 2.45) is 5.73 Å². The highest BCUT2D eigenvalue weighted by molar-refractivity contribution is 5.95. The first kappa shape index (κ1) is 19.0. The molecule has 150 valence electrons. The van der Waals surface area contributed by atoms with Crippen molar-refractivity contribution >= 4 is 5.91 Å². The molecule has 1 atom stereocenters. The van der Waals surface area contributed by atoms with Crippen LogP contribution in [0.25, 0.3) is 0 Å². The first-order valence-corrected chi connectivity index (χ1v) is 9.29. The lowest BCUT2D eigenvalue weighted by Gasteiger charge is -2.32. The number of carbonyl (C=O) groups excluding carboxylic acids is 1. The number of nitrogens with zero attached hydrogens (tertiary/aromatic N) is 1. The molecule has 0 aliphatic carbocycles. The van der Waals surface area contributed by atoms with E-state index in [1.807, 2.05) is 13.1 Å². The molecule has 0 fully saturated rings. The van der Waals surface area contributed by atoms with Crippen molar-refractivity contribution in [3.63, 3.8) is 0 Å². The normalized spacial score (nSPS) is 17.1. The molecular formula is C22H22N2O5. The summed E-state index contributed by atoms with van der Waals surface area (Å²) in [7, 11) is 3.65. The van der Waals surface area contributed by atoms with E-state index in [0.29, 0.717) is 28.6 Å². The van der Waals surface area contributed by atoms with E-state index in [9.17, 15) is 4.79 Å². The smallest absolute Gasteiger partial charge is 0.252 e. The van der Waals surface area contributed by atoms with Gasteiger partial charge in [-0.25, -0.2) is 0 Å². The summed E-state index contributed by atoms with van der Waals surface area (Å²) in [6.07, 6.45) is 0.875. The van der Waals surface area contributed by atoms with Crippen molar-refractivity contribution in [2.45, 2.75) is 12.5 Å². The molecule has 4 rings (SSSR count). The number of carbonyl (C=O) groups is 1. The molecular weight excluding hydrogens is 372 g/mol. The largest absolute Gasteiger partial charge is 0.492 e. The number of fused-ring (bicyclic) bond motifs is 2. The van der Waals surface area contributed by atoms with Gasteiger partial charge in [0, 0.05) is 12.1 Å². The number of nitrogens with two attached hydrogens (primary N) is 1. The van der Waals surface area contributed by atoms with Crippen molar-refractivity contribution in [2.75, 3.05) is 34.1 Å². The Kier molecular flexibility index (Phi) is 5.19. The van der Waals surface area contributed by atoms with E-state index < -0.39 is 5.91 Å². The Morgan fingerprint density at radius 2 is 2.17 bits per heavy atom. The van der Waals surface area contributed by atoms with E-state index in [-0.39, 0.29) is 19.4 Å². The molecule has 2 N–H and O–H groups in total. The molecule has 2 aromatic carbocycles. The number of likely N-dealkylation sites (N-methyl/N-ethyl adjacent to an activating group) is 1. The van der Waals surface area contributed by atoms with Gasteiger partial charge in [0.2, 0.25) is 12.5 Å². The van der Waals surface area contributed by atoms with Crippen LogP contribution in [-0.4, -0.2) is 44.9 Å². The van der Waals surface area contributed by atoms with Crippen molar-refractivity contribution in [3.05, 3.63) is 47.0 Å². The Bertz CT molecular complexity index is 1010. The van der Waals surface area contributed by atoms with E-state index in [0.717, 1.165) is 24.1 Å². The number of hydrogen-bond acceptors (Lipinski definition) is 6. The van der Waals surface area contributed by atoms with Crippen LogP contribution in [0.5, 0.6) is 23.0 Å². The molecule has 2 aromatic rings. The van der Waals surface area contributed by atoms with Gasteiger partial charge >= 0.3 is 0 Å². The molecule has 1 amide bonds. The zero-order chi connectivity index (χ0) is 20.4. The summed E-state index contributed by atoms with van der Waals surface area (Å²) < 4.78 is 22.5. The third-order valence-electron chi connectivity index (χ3n) is 5.09. The van der Waals surface area contributed by atoms with Gasteiger partial charge in [-0.05, 0) is 37.2 Å². The van der Waals surface area contributed by atoms with Gasteiger partial charge in [-0.3, -0.25) is 9.69 Å². The summed E-state index contributed by atoms with van der Waals surface area (Å²) >= 11 is 0. The van der Waals surface area contributed by atoms with Gasteiger partial charge in [0.15, 0.2) is 11.5 Å². The fourth-order valence-corrected chi connectivity index (χ4v) is 3.66. The second kappa shape index (κ2) is 7.94. The van der Waals surface area contributed by atoms with Gasteiger partial charge in [0.1, 0.15) is 18.4 Å². The average Bonchev–Trinajstić information content (AvgIpc) is 3.19. The number of benzene rings is 2.